The Bertz CT molecular complexity index is 476. The van der Waals surface area contributed by atoms with Crippen molar-refractivity contribution in [1.82, 2.24) is 0 Å². The van der Waals surface area contributed by atoms with E-state index < -0.39 is 32.5 Å². The Hall–Kier alpha value is -0.190. The summed E-state index contributed by atoms with van der Waals surface area (Å²) in [6.07, 6.45) is 10.0. The normalized spacial score (nSPS) is 14.2. The van der Waals surface area contributed by atoms with Crippen LogP contribution in [0.1, 0.15) is 91.9 Å². The van der Waals surface area contributed by atoms with Crippen LogP contribution < -0.4 is 0 Å². The van der Waals surface area contributed by atoms with Crippen LogP contribution in [0.2, 0.25) is 0 Å². The molecule has 0 aromatic carbocycles. The summed E-state index contributed by atoms with van der Waals surface area (Å²) in [5.74, 6) is -2.14. The molecule has 160 valence electrons. The van der Waals surface area contributed by atoms with Crippen molar-refractivity contribution in [1.29, 1.82) is 0 Å². The number of carboxylic acids is 2. The van der Waals surface area contributed by atoms with Gasteiger partial charge in [-0.2, -0.15) is 0 Å². The fourth-order valence-corrected chi connectivity index (χ4v) is 3.41. The molecule has 0 aliphatic heterocycles. The largest absolute Gasteiger partial charge is 0.480 e. The molecular formula is C20H35Cl3O4. The Labute approximate surface area is 178 Å². The molecule has 1 atom stereocenters. The summed E-state index contributed by atoms with van der Waals surface area (Å²) in [5.41, 5.74) is -1.07. The van der Waals surface area contributed by atoms with E-state index in [-0.39, 0.29) is 0 Å². The van der Waals surface area contributed by atoms with Gasteiger partial charge in [-0.05, 0) is 18.3 Å². The van der Waals surface area contributed by atoms with E-state index in [2.05, 4.69) is 0 Å². The number of halogens is 3. The summed E-state index contributed by atoms with van der Waals surface area (Å²) < 4.78 is -1.76. The van der Waals surface area contributed by atoms with Gasteiger partial charge in [0.25, 0.3) is 0 Å². The second-order valence-corrected chi connectivity index (χ2v) is 10.5. The lowest BCUT2D eigenvalue weighted by molar-refractivity contribution is -0.141. The zero-order chi connectivity index (χ0) is 21.3. The molecule has 0 aromatic rings. The van der Waals surface area contributed by atoms with E-state index in [1.165, 1.54) is 0 Å². The third-order valence-corrected chi connectivity index (χ3v) is 7.52. The Balaban J connectivity index is 3.80. The molecule has 0 aromatic heterocycles. The highest BCUT2D eigenvalue weighted by Gasteiger charge is 2.48. The molecule has 0 saturated carbocycles. The first kappa shape index (κ1) is 26.8. The number of alkyl halides is 3. The molecule has 0 aliphatic carbocycles. The smallest absolute Gasteiger partial charge is 0.340 e. The summed E-state index contributed by atoms with van der Waals surface area (Å²) in [6, 6.07) is 0. The Morgan fingerprint density at radius 2 is 1.15 bits per heavy atom. The number of hydrogen-bond acceptors (Lipinski definition) is 2. The molecule has 0 radical (unpaired) electrons. The minimum atomic E-state index is -1.76. The van der Waals surface area contributed by atoms with Gasteiger partial charge in [0.2, 0.25) is 4.33 Å². The summed E-state index contributed by atoms with van der Waals surface area (Å²) in [7, 11) is 0. The summed E-state index contributed by atoms with van der Waals surface area (Å²) in [4.78, 5) is 22.1. The maximum atomic E-state index is 11.2. The molecule has 7 heteroatoms. The minimum absolute atomic E-state index is 0.393. The van der Waals surface area contributed by atoms with Gasteiger partial charge in [-0.15, -0.1) is 11.6 Å². The predicted molar refractivity (Wildman–Crippen MR) is 113 cm³/mol. The fourth-order valence-electron chi connectivity index (χ4n) is 3.12. The molecule has 0 heterocycles. The second kappa shape index (κ2) is 11.7. The molecular weight excluding hydrogens is 411 g/mol. The van der Waals surface area contributed by atoms with Crippen molar-refractivity contribution in [3.8, 4) is 0 Å². The van der Waals surface area contributed by atoms with E-state index in [1.807, 2.05) is 13.8 Å². The van der Waals surface area contributed by atoms with Crippen molar-refractivity contribution in [3.05, 3.63) is 0 Å². The third kappa shape index (κ3) is 9.23. The van der Waals surface area contributed by atoms with Gasteiger partial charge in [0, 0.05) is 5.41 Å². The van der Waals surface area contributed by atoms with Gasteiger partial charge < -0.3 is 10.2 Å². The van der Waals surface area contributed by atoms with Gasteiger partial charge in [-0.1, -0.05) is 102 Å². The van der Waals surface area contributed by atoms with Crippen molar-refractivity contribution < 1.29 is 19.8 Å². The molecule has 0 aliphatic rings. The average Bonchev–Trinajstić information content (AvgIpc) is 2.55. The third-order valence-electron chi connectivity index (χ3n) is 5.39. The highest BCUT2D eigenvalue weighted by molar-refractivity contribution is 6.57. The topological polar surface area (TPSA) is 74.6 Å². The van der Waals surface area contributed by atoms with Gasteiger partial charge >= 0.3 is 11.9 Å². The predicted octanol–water partition coefficient (Wildman–Crippen LogP) is 6.89. The van der Waals surface area contributed by atoms with Crippen molar-refractivity contribution in [2.45, 2.75) is 102 Å². The van der Waals surface area contributed by atoms with Gasteiger partial charge in [-0.3, -0.25) is 4.79 Å². The van der Waals surface area contributed by atoms with Gasteiger partial charge in [0.1, 0.15) is 5.38 Å². The maximum absolute atomic E-state index is 11.2. The Morgan fingerprint density at radius 1 is 0.778 bits per heavy atom. The zero-order valence-electron chi connectivity index (χ0n) is 17.0. The average molecular weight is 446 g/mol. The molecule has 0 spiro atoms. The van der Waals surface area contributed by atoms with Crippen molar-refractivity contribution in [2.75, 3.05) is 0 Å². The monoisotopic (exact) mass is 444 g/mol. The van der Waals surface area contributed by atoms with Crippen LogP contribution in [0.4, 0.5) is 0 Å². The molecule has 0 fully saturated rings. The number of rotatable bonds is 15. The van der Waals surface area contributed by atoms with Crippen molar-refractivity contribution in [2.24, 2.45) is 10.8 Å². The quantitative estimate of drug-likeness (QED) is 0.212. The highest BCUT2D eigenvalue weighted by Crippen LogP contribution is 2.44. The van der Waals surface area contributed by atoms with E-state index in [0.717, 1.165) is 57.8 Å². The van der Waals surface area contributed by atoms with Crippen LogP contribution in [0.15, 0.2) is 0 Å². The number of unbranched alkanes of at least 4 members (excludes halogenated alkanes) is 7. The lowest BCUT2D eigenvalue weighted by atomic mass is 9.82. The highest BCUT2D eigenvalue weighted by atomic mass is 35.5. The molecule has 0 unspecified atom stereocenters. The first-order chi connectivity index (χ1) is 12.3. The number of aliphatic carboxylic acids is 2. The van der Waals surface area contributed by atoms with Gasteiger partial charge in [0.05, 0.1) is 0 Å². The Morgan fingerprint density at radius 3 is 1.52 bits per heavy atom. The standard InChI is InChI=1S/C20H35Cl3O4/c1-18(2,15(21)16(24)25)13-11-9-7-5-6-8-10-12-14-19(3,4)20(22,23)17(26)27/h15H,5-14H2,1-4H3,(H,24,25)(H,26,27)/t15-/m1/s1. The molecule has 27 heavy (non-hydrogen) atoms. The van der Waals surface area contributed by atoms with Crippen LogP contribution in [0.5, 0.6) is 0 Å². The number of carbonyl (C=O) groups is 2. The van der Waals surface area contributed by atoms with E-state index in [9.17, 15) is 9.59 Å². The minimum Gasteiger partial charge on any atom is -0.480 e. The zero-order valence-corrected chi connectivity index (χ0v) is 19.3. The Kier molecular flexibility index (Phi) is 11.6. The van der Waals surface area contributed by atoms with E-state index in [0.29, 0.717) is 6.42 Å². The van der Waals surface area contributed by atoms with Crippen LogP contribution in [-0.4, -0.2) is 31.9 Å². The lowest BCUT2D eigenvalue weighted by Crippen LogP contribution is -2.41. The van der Waals surface area contributed by atoms with Gasteiger partial charge in [0.15, 0.2) is 0 Å². The molecule has 4 nitrogen and oxygen atoms in total. The maximum Gasteiger partial charge on any atom is 0.340 e. The number of hydrogen-bond donors (Lipinski definition) is 2. The molecule has 2 N–H and O–H groups in total. The van der Waals surface area contributed by atoms with E-state index >= 15 is 0 Å². The first-order valence-corrected chi connectivity index (χ1v) is 10.9. The molecule has 0 rings (SSSR count). The van der Waals surface area contributed by atoms with Crippen LogP contribution in [-0.2, 0) is 9.59 Å². The summed E-state index contributed by atoms with van der Waals surface area (Å²) in [6.45, 7) is 7.39. The fraction of sp³-hybridized carbons (Fsp3) is 0.900. The summed E-state index contributed by atoms with van der Waals surface area (Å²) in [5, 5.41) is 17.3. The van der Waals surface area contributed by atoms with Crippen LogP contribution in [0.3, 0.4) is 0 Å². The second-order valence-electron chi connectivity index (χ2n) is 8.78. The van der Waals surface area contributed by atoms with Crippen LogP contribution >= 0.6 is 34.8 Å². The molecule has 0 amide bonds. The summed E-state index contributed by atoms with van der Waals surface area (Å²) >= 11 is 17.9. The van der Waals surface area contributed by atoms with Crippen LogP contribution in [0.25, 0.3) is 0 Å². The van der Waals surface area contributed by atoms with E-state index in [1.54, 1.807) is 13.8 Å². The van der Waals surface area contributed by atoms with E-state index in [4.69, 9.17) is 45.0 Å². The number of carboxylic acid groups (broad SMARTS) is 2. The first-order valence-electron chi connectivity index (χ1n) is 9.74. The SMILES string of the molecule is CC(C)(CCCCCCCCCCC(C)(C)C(Cl)(Cl)C(=O)O)[C@H](Cl)C(=O)O. The molecule has 0 saturated heterocycles. The molecule has 0 bridgehead atoms. The van der Waals surface area contributed by atoms with Crippen molar-refractivity contribution in [3.63, 3.8) is 0 Å². The van der Waals surface area contributed by atoms with Crippen molar-refractivity contribution >= 4 is 46.7 Å². The lowest BCUT2D eigenvalue weighted by Gasteiger charge is -2.33. The van der Waals surface area contributed by atoms with Gasteiger partial charge in [-0.25, -0.2) is 4.79 Å². The van der Waals surface area contributed by atoms with Crippen LogP contribution in [0, 0.1) is 10.8 Å².